The number of ketones is 1. The first-order valence-electron chi connectivity index (χ1n) is 18.2. The van der Waals surface area contributed by atoms with E-state index < -0.39 is 18.5 Å². The minimum absolute atomic E-state index is 0.0444. The number of primary amides is 1. The standard InChI is InChI=1S/C38H61NO9/c1-7-29(40)21-33(41)24(2)17-19-34-25(3)12-8-10-14-30(45-36-23-32(47-38(39)43)20-28(6)44-36)15-11-9-13-26(4)37-27(5)16-18-31(46-37)22-35(42)48-34/h10,13-14,16,24-25,28,30-34,36-37,41H,7-9,11-12,15,17-23H2,1-6H3,(H2,39,43)/b14-10+,26-13+/t24-,25-,28-,30+,31?,32+,33-,34-,36+,37-/m1/s1. The van der Waals surface area contributed by atoms with Gasteiger partial charge in [0.25, 0.3) is 0 Å². The smallest absolute Gasteiger partial charge is 0.404 e. The van der Waals surface area contributed by atoms with Gasteiger partial charge in [0.1, 0.15) is 18.0 Å². The number of hydrogen-bond donors (Lipinski definition) is 2. The monoisotopic (exact) mass is 675 g/mol. The summed E-state index contributed by atoms with van der Waals surface area (Å²) in [6, 6.07) is 0. The van der Waals surface area contributed by atoms with Crippen molar-refractivity contribution in [2.24, 2.45) is 17.6 Å². The lowest BCUT2D eigenvalue weighted by Crippen LogP contribution is -2.40. The highest BCUT2D eigenvalue weighted by molar-refractivity contribution is 5.78. The molecule has 1 amide bonds. The Labute approximate surface area is 287 Å². The van der Waals surface area contributed by atoms with E-state index >= 15 is 0 Å². The van der Waals surface area contributed by atoms with Crippen molar-refractivity contribution >= 4 is 17.8 Å². The first-order valence-corrected chi connectivity index (χ1v) is 18.2. The van der Waals surface area contributed by atoms with E-state index in [4.69, 9.17) is 29.4 Å². The molecule has 1 fully saturated rings. The van der Waals surface area contributed by atoms with Crippen molar-refractivity contribution in [2.45, 2.75) is 174 Å². The lowest BCUT2D eigenvalue weighted by molar-refractivity contribution is -0.222. The van der Waals surface area contributed by atoms with Gasteiger partial charge >= 0.3 is 12.1 Å². The van der Waals surface area contributed by atoms with Crippen LogP contribution in [0.25, 0.3) is 0 Å². The van der Waals surface area contributed by atoms with E-state index in [9.17, 15) is 19.5 Å². The molecule has 272 valence electrons. The second-order valence-corrected chi connectivity index (χ2v) is 14.2. The van der Waals surface area contributed by atoms with Crippen molar-refractivity contribution in [1.82, 2.24) is 0 Å². The van der Waals surface area contributed by atoms with Gasteiger partial charge in [-0.25, -0.2) is 4.79 Å². The summed E-state index contributed by atoms with van der Waals surface area (Å²) in [7, 11) is 0. The minimum Gasteiger partial charge on any atom is -0.462 e. The number of carbonyl (C=O) groups excluding carboxylic acids is 3. The molecule has 0 aromatic rings. The Morgan fingerprint density at radius 1 is 1.08 bits per heavy atom. The second-order valence-electron chi connectivity index (χ2n) is 14.2. The number of nitrogens with two attached hydrogens (primary N) is 1. The molecule has 10 nitrogen and oxygen atoms in total. The molecule has 3 aliphatic heterocycles. The number of Topliss-reactive ketones (excluding diaryl/α,β-unsaturated/α-hetero) is 1. The van der Waals surface area contributed by atoms with E-state index in [0.29, 0.717) is 38.5 Å². The number of esters is 1. The number of carbonyl (C=O) groups is 3. The van der Waals surface area contributed by atoms with Crippen LogP contribution >= 0.6 is 0 Å². The predicted octanol–water partition coefficient (Wildman–Crippen LogP) is 7.02. The number of ether oxygens (including phenoxy) is 5. The van der Waals surface area contributed by atoms with Crippen LogP contribution < -0.4 is 5.73 Å². The highest BCUT2D eigenvalue weighted by Crippen LogP contribution is 2.30. The summed E-state index contributed by atoms with van der Waals surface area (Å²) < 4.78 is 30.4. The number of amides is 1. The lowest BCUT2D eigenvalue weighted by atomic mass is 9.89. The average molecular weight is 676 g/mol. The third-order valence-electron chi connectivity index (χ3n) is 9.91. The van der Waals surface area contributed by atoms with Gasteiger partial charge in [-0.2, -0.15) is 0 Å². The van der Waals surface area contributed by atoms with Crippen LogP contribution in [-0.2, 0) is 33.3 Å². The van der Waals surface area contributed by atoms with Gasteiger partial charge in [-0.3, -0.25) is 9.59 Å². The summed E-state index contributed by atoms with van der Waals surface area (Å²) in [6.45, 7) is 11.9. The topological polar surface area (TPSA) is 144 Å². The third kappa shape index (κ3) is 13.8. The largest absolute Gasteiger partial charge is 0.462 e. The number of aliphatic hydroxyl groups is 1. The van der Waals surface area contributed by atoms with E-state index in [2.05, 4.69) is 45.1 Å². The van der Waals surface area contributed by atoms with Gasteiger partial charge in [0.2, 0.25) is 0 Å². The van der Waals surface area contributed by atoms with Crippen LogP contribution in [0.5, 0.6) is 0 Å². The van der Waals surface area contributed by atoms with E-state index in [1.165, 1.54) is 0 Å². The van der Waals surface area contributed by atoms with Crippen molar-refractivity contribution in [3.8, 4) is 0 Å². The Kier molecular flexibility index (Phi) is 16.8. The summed E-state index contributed by atoms with van der Waals surface area (Å²) in [5.74, 6) is -0.256. The van der Waals surface area contributed by atoms with Crippen molar-refractivity contribution < 1.29 is 43.2 Å². The van der Waals surface area contributed by atoms with Crippen LogP contribution in [0.1, 0.15) is 125 Å². The molecule has 48 heavy (non-hydrogen) atoms. The van der Waals surface area contributed by atoms with Gasteiger partial charge in [-0.15, -0.1) is 0 Å². The number of cyclic esters (lactones) is 1. The van der Waals surface area contributed by atoms with Crippen LogP contribution in [0.2, 0.25) is 0 Å². The number of rotatable bonds is 10. The van der Waals surface area contributed by atoms with Gasteiger partial charge in [-0.05, 0) is 95.1 Å². The van der Waals surface area contributed by atoms with Gasteiger partial charge in [0, 0.05) is 25.7 Å². The van der Waals surface area contributed by atoms with Gasteiger partial charge in [-0.1, -0.05) is 45.1 Å². The fraction of sp³-hybridized carbons (Fsp3) is 0.763. The summed E-state index contributed by atoms with van der Waals surface area (Å²) in [6.07, 6.45) is 12.9. The molecule has 0 aliphatic carbocycles. The molecular formula is C38H61NO9. The zero-order valence-electron chi connectivity index (χ0n) is 30.1. The Morgan fingerprint density at radius 3 is 2.56 bits per heavy atom. The van der Waals surface area contributed by atoms with E-state index in [1.54, 1.807) is 6.92 Å². The van der Waals surface area contributed by atoms with Crippen LogP contribution in [0.4, 0.5) is 4.79 Å². The Bertz CT molecular complexity index is 1130. The maximum atomic E-state index is 13.3. The van der Waals surface area contributed by atoms with Crippen molar-refractivity contribution in [3.63, 3.8) is 0 Å². The molecule has 10 heteroatoms. The van der Waals surface area contributed by atoms with Crippen LogP contribution in [0, 0.1) is 11.8 Å². The summed E-state index contributed by atoms with van der Waals surface area (Å²) in [5.41, 5.74) is 7.55. The van der Waals surface area contributed by atoms with E-state index in [1.807, 2.05) is 13.8 Å². The molecule has 3 N–H and O–H groups in total. The lowest BCUT2D eigenvalue weighted by Gasteiger charge is -2.34. The Hall–Kier alpha value is -2.53. The van der Waals surface area contributed by atoms with Gasteiger partial charge in [0.05, 0.1) is 36.9 Å². The van der Waals surface area contributed by atoms with E-state index in [-0.39, 0.29) is 73.1 Å². The van der Waals surface area contributed by atoms with Crippen molar-refractivity contribution in [2.75, 3.05) is 0 Å². The molecule has 3 heterocycles. The Morgan fingerprint density at radius 2 is 1.83 bits per heavy atom. The quantitative estimate of drug-likeness (QED) is 0.184. The highest BCUT2D eigenvalue weighted by Gasteiger charge is 2.32. The van der Waals surface area contributed by atoms with Crippen LogP contribution in [-0.4, -0.2) is 72.0 Å². The molecule has 3 aliphatic rings. The maximum absolute atomic E-state index is 13.3. The maximum Gasteiger partial charge on any atom is 0.404 e. The molecule has 2 bridgehead atoms. The molecule has 1 saturated heterocycles. The summed E-state index contributed by atoms with van der Waals surface area (Å²) in [4.78, 5) is 36.6. The molecule has 0 aromatic carbocycles. The average Bonchev–Trinajstić information content (AvgIpc) is 3.02. The first kappa shape index (κ1) is 39.9. The number of hydrogen-bond acceptors (Lipinski definition) is 9. The summed E-state index contributed by atoms with van der Waals surface area (Å²) >= 11 is 0. The molecule has 1 unspecified atom stereocenters. The van der Waals surface area contributed by atoms with Gasteiger partial charge in [0.15, 0.2) is 6.29 Å². The SMILES string of the molecule is CCC(=O)C[C@@H](O)[C@H](C)CC[C@H]1OC(=O)CC2CC=C(C)[C@H](O2)/C(C)=C/CCC[C@@H](O[C@H]2C[C@@H](OC(N)=O)C[C@@H](C)O2)/C=C/CC[C@H]1C. The number of fused-ring (bicyclic) bond motifs is 2. The highest BCUT2D eigenvalue weighted by atomic mass is 16.7. The molecule has 0 aromatic heterocycles. The van der Waals surface area contributed by atoms with Crippen LogP contribution in [0.3, 0.4) is 0 Å². The molecule has 0 spiro atoms. The normalized spacial score (nSPS) is 34.2. The molecule has 0 saturated carbocycles. The minimum atomic E-state index is -0.792. The number of allylic oxidation sites excluding steroid dienone is 2. The molecule has 10 atom stereocenters. The fourth-order valence-electron chi connectivity index (χ4n) is 6.79. The molecular weight excluding hydrogens is 614 g/mol. The second kappa shape index (κ2) is 20.2. The Balaban J connectivity index is 1.76. The molecule has 3 rings (SSSR count). The van der Waals surface area contributed by atoms with Crippen LogP contribution in [0.15, 0.2) is 35.5 Å². The van der Waals surface area contributed by atoms with Crippen molar-refractivity contribution in [3.05, 3.63) is 35.5 Å². The van der Waals surface area contributed by atoms with E-state index in [0.717, 1.165) is 43.3 Å². The third-order valence-corrected chi connectivity index (χ3v) is 9.91. The predicted molar refractivity (Wildman–Crippen MR) is 184 cm³/mol. The number of aliphatic hydroxyl groups excluding tert-OH is 1. The zero-order chi connectivity index (χ0) is 35.2. The zero-order valence-corrected chi connectivity index (χ0v) is 30.1. The van der Waals surface area contributed by atoms with Crippen molar-refractivity contribution in [1.29, 1.82) is 0 Å². The molecule has 0 radical (unpaired) electrons. The summed E-state index contributed by atoms with van der Waals surface area (Å²) in [5, 5.41) is 10.6. The fourth-order valence-corrected chi connectivity index (χ4v) is 6.79. The van der Waals surface area contributed by atoms with Gasteiger partial charge < -0.3 is 34.5 Å². The first-order chi connectivity index (χ1) is 22.8.